The molecule has 2 atom stereocenters. The standard InChI is InChI=1S/C15H22ClN3/c1-5-7-12(6-2)19-14(11(4)16)18-13-9-8-10(3)17-15(13)19/h8-9,11-12H,5-7H2,1-4H3. The molecule has 0 aromatic carbocycles. The third-order valence-electron chi connectivity index (χ3n) is 3.52. The van der Waals surface area contributed by atoms with Crippen LogP contribution in [0.25, 0.3) is 11.2 Å². The Morgan fingerprint density at radius 1 is 1.26 bits per heavy atom. The minimum Gasteiger partial charge on any atom is -0.308 e. The largest absolute Gasteiger partial charge is 0.308 e. The first-order valence-electron chi connectivity index (χ1n) is 7.08. The van der Waals surface area contributed by atoms with Gasteiger partial charge >= 0.3 is 0 Å². The van der Waals surface area contributed by atoms with Crippen LogP contribution in [-0.4, -0.2) is 14.5 Å². The molecule has 0 aliphatic heterocycles. The van der Waals surface area contributed by atoms with E-state index in [2.05, 4.69) is 28.4 Å². The van der Waals surface area contributed by atoms with Crippen molar-refractivity contribution in [3.63, 3.8) is 0 Å². The van der Waals surface area contributed by atoms with E-state index in [4.69, 9.17) is 11.6 Å². The smallest absolute Gasteiger partial charge is 0.160 e. The predicted molar refractivity (Wildman–Crippen MR) is 80.8 cm³/mol. The lowest BCUT2D eigenvalue weighted by Gasteiger charge is -2.20. The van der Waals surface area contributed by atoms with Crippen molar-refractivity contribution in [1.82, 2.24) is 14.5 Å². The van der Waals surface area contributed by atoms with Crippen molar-refractivity contribution >= 4 is 22.8 Å². The van der Waals surface area contributed by atoms with Crippen LogP contribution in [0.1, 0.15) is 63.0 Å². The number of aromatic nitrogens is 3. The Labute approximate surface area is 120 Å². The minimum absolute atomic E-state index is 0.0968. The normalized spacial score (nSPS) is 14.8. The summed E-state index contributed by atoms with van der Waals surface area (Å²) in [5.74, 6) is 0.940. The summed E-state index contributed by atoms with van der Waals surface area (Å²) < 4.78 is 2.25. The van der Waals surface area contributed by atoms with Crippen LogP contribution in [0, 0.1) is 6.92 Å². The molecule has 2 unspecified atom stereocenters. The van der Waals surface area contributed by atoms with Crippen molar-refractivity contribution in [2.45, 2.75) is 58.4 Å². The lowest BCUT2D eigenvalue weighted by atomic mass is 10.1. The minimum atomic E-state index is -0.0968. The molecule has 0 radical (unpaired) electrons. The zero-order valence-electron chi connectivity index (χ0n) is 12.2. The molecule has 0 aliphatic carbocycles. The summed E-state index contributed by atoms with van der Waals surface area (Å²) in [7, 11) is 0. The average molecular weight is 280 g/mol. The molecule has 3 nitrogen and oxygen atoms in total. The maximum absolute atomic E-state index is 6.31. The number of halogens is 1. The van der Waals surface area contributed by atoms with Gasteiger partial charge in [-0.3, -0.25) is 0 Å². The molecule has 104 valence electrons. The Kier molecular flexibility index (Phi) is 4.46. The lowest BCUT2D eigenvalue weighted by Crippen LogP contribution is -2.13. The number of fused-ring (bicyclic) bond motifs is 1. The second kappa shape index (κ2) is 5.91. The van der Waals surface area contributed by atoms with E-state index < -0.39 is 0 Å². The van der Waals surface area contributed by atoms with E-state index in [0.29, 0.717) is 6.04 Å². The van der Waals surface area contributed by atoms with E-state index >= 15 is 0 Å². The number of rotatable bonds is 5. The van der Waals surface area contributed by atoms with Crippen molar-refractivity contribution < 1.29 is 0 Å². The molecule has 4 heteroatoms. The van der Waals surface area contributed by atoms with Gasteiger partial charge in [0.25, 0.3) is 0 Å². The summed E-state index contributed by atoms with van der Waals surface area (Å²) in [5.41, 5.74) is 2.94. The summed E-state index contributed by atoms with van der Waals surface area (Å²) in [6.45, 7) is 8.42. The molecule has 0 saturated heterocycles. The first kappa shape index (κ1) is 14.3. The summed E-state index contributed by atoms with van der Waals surface area (Å²) in [4.78, 5) is 9.34. The zero-order valence-corrected chi connectivity index (χ0v) is 12.9. The number of nitrogens with zero attached hydrogens (tertiary/aromatic N) is 3. The number of alkyl halides is 1. The molecule has 0 fully saturated rings. The summed E-state index contributed by atoms with van der Waals surface area (Å²) in [6, 6.07) is 4.47. The number of aryl methyl sites for hydroxylation is 1. The molecule has 2 aromatic heterocycles. The van der Waals surface area contributed by atoms with Crippen LogP contribution in [0.2, 0.25) is 0 Å². The zero-order chi connectivity index (χ0) is 14.0. The molecule has 2 rings (SSSR count). The van der Waals surface area contributed by atoms with Crippen LogP contribution >= 0.6 is 11.6 Å². The van der Waals surface area contributed by atoms with Gasteiger partial charge in [-0.05, 0) is 38.8 Å². The van der Waals surface area contributed by atoms with Gasteiger partial charge in [-0.2, -0.15) is 0 Å². The number of hydrogen-bond acceptors (Lipinski definition) is 2. The molecule has 2 aromatic rings. The van der Waals surface area contributed by atoms with Crippen LogP contribution < -0.4 is 0 Å². The molecular formula is C15H22ClN3. The monoisotopic (exact) mass is 279 g/mol. The van der Waals surface area contributed by atoms with Crippen LogP contribution in [0.15, 0.2) is 12.1 Å². The molecule has 0 spiro atoms. The fraction of sp³-hybridized carbons (Fsp3) is 0.600. The van der Waals surface area contributed by atoms with Crippen LogP contribution in [0.3, 0.4) is 0 Å². The molecule has 0 amide bonds. The topological polar surface area (TPSA) is 30.7 Å². The van der Waals surface area contributed by atoms with Crippen LogP contribution in [0.4, 0.5) is 0 Å². The summed E-state index contributed by atoms with van der Waals surface area (Å²) in [6.07, 6.45) is 3.36. The number of hydrogen-bond donors (Lipinski definition) is 0. The molecule has 19 heavy (non-hydrogen) atoms. The van der Waals surface area contributed by atoms with E-state index in [-0.39, 0.29) is 5.38 Å². The lowest BCUT2D eigenvalue weighted by molar-refractivity contribution is 0.441. The predicted octanol–water partition coefficient (Wildman–Crippen LogP) is 4.79. The third-order valence-corrected chi connectivity index (χ3v) is 3.71. The van der Waals surface area contributed by atoms with Crippen molar-refractivity contribution in [2.75, 3.05) is 0 Å². The van der Waals surface area contributed by atoms with Crippen LogP contribution in [0.5, 0.6) is 0 Å². The number of imidazole rings is 1. The average Bonchev–Trinajstić information content (AvgIpc) is 2.74. The van der Waals surface area contributed by atoms with Crippen molar-refractivity contribution in [3.05, 3.63) is 23.7 Å². The highest BCUT2D eigenvalue weighted by Gasteiger charge is 2.21. The molecule has 0 aliphatic rings. The highest BCUT2D eigenvalue weighted by molar-refractivity contribution is 6.20. The maximum atomic E-state index is 6.31. The Bertz CT molecular complexity index is 560. The van der Waals surface area contributed by atoms with Crippen molar-refractivity contribution in [1.29, 1.82) is 0 Å². The first-order valence-corrected chi connectivity index (χ1v) is 7.51. The van der Waals surface area contributed by atoms with E-state index in [1.54, 1.807) is 0 Å². The maximum Gasteiger partial charge on any atom is 0.160 e. The molecular weight excluding hydrogens is 258 g/mol. The van der Waals surface area contributed by atoms with Gasteiger partial charge in [-0.1, -0.05) is 20.3 Å². The van der Waals surface area contributed by atoms with E-state index in [1.165, 1.54) is 0 Å². The van der Waals surface area contributed by atoms with Gasteiger partial charge in [0.2, 0.25) is 0 Å². The molecule has 0 saturated carbocycles. The summed E-state index contributed by atoms with van der Waals surface area (Å²) in [5, 5.41) is -0.0968. The van der Waals surface area contributed by atoms with Gasteiger partial charge in [0.1, 0.15) is 11.3 Å². The molecule has 2 heterocycles. The van der Waals surface area contributed by atoms with Crippen LogP contribution in [-0.2, 0) is 0 Å². The SMILES string of the molecule is CCCC(CC)n1c(C(C)Cl)nc2ccc(C)nc21. The highest BCUT2D eigenvalue weighted by Crippen LogP contribution is 2.30. The number of pyridine rings is 1. The third kappa shape index (κ3) is 2.76. The van der Waals surface area contributed by atoms with Gasteiger partial charge < -0.3 is 4.57 Å². The Balaban J connectivity index is 2.65. The van der Waals surface area contributed by atoms with Gasteiger partial charge in [0.15, 0.2) is 5.65 Å². The highest BCUT2D eigenvalue weighted by atomic mass is 35.5. The van der Waals surface area contributed by atoms with Crippen molar-refractivity contribution in [2.24, 2.45) is 0 Å². The van der Waals surface area contributed by atoms with Gasteiger partial charge in [0, 0.05) is 11.7 Å². The molecule has 0 bridgehead atoms. The Hall–Kier alpha value is -1.09. The van der Waals surface area contributed by atoms with Gasteiger partial charge in [0.05, 0.1) is 5.38 Å². The van der Waals surface area contributed by atoms with E-state index in [9.17, 15) is 0 Å². The van der Waals surface area contributed by atoms with Gasteiger partial charge in [-0.15, -0.1) is 11.6 Å². The van der Waals surface area contributed by atoms with E-state index in [0.717, 1.165) is 41.9 Å². The van der Waals surface area contributed by atoms with Gasteiger partial charge in [-0.25, -0.2) is 9.97 Å². The fourth-order valence-electron chi connectivity index (χ4n) is 2.58. The first-order chi connectivity index (χ1) is 9.08. The Morgan fingerprint density at radius 2 is 2.00 bits per heavy atom. The van der Waals surface area contributed by atoms with Crippen molar-refractivity contribution in [3.8, 4) is 0 Å². The quantitative estimate of drug-likeness (QED) is 0.737. The van der Waals surface area contributed by atoms with E-state index in [1.807, 2.05) is 26.0 Å². The second-order valence-electron chi connectivity index (χ2n) is 5.10. The fourth-order valence-corrected chi connectivity index (χ4v) is 2.73. The molecule has 0 N–H and O–H groups in total. The second-order valence-corrected chi connectivity index (χ2v) is 5.76. The Morgan fingerprint density at radius 3 is 2.58 bits per heavy atom. The summed E-state index contributed by atoms with van der Waals surface area (Å²) >= 11 is 6.31.